The van der Waals surface area contributed by atoms with Gasteiger partial charge in [0.2, 0.25) is 0 Å². The Bertz CT molecular complexity index is 901. The van der Waals surface area contributed by atoms with Crippen LogP contribution in [0.2, 0.25) is 0 Å². The number of fused-ring (bicyclic) bond motifs is 1. The van der Waals surface area contributed by atoms with Crippen LogP contribution in [0.1, 0.15) is 16.9 Å². The number of nitrogens with one attached hydrogen (secondary N) is 2. The Balaban J connectivity index is 0.000000416. The van der Waals surface area contributed by atoms with E-state index < -0.39 is 11.9 Å². The molecule has 1 aromatic carbocycles. The highest BCUT2D eigenvalue weighted by atomic mass is 16.4. The first kappa shape index (κ1) is 22.6. The lowest BCUT2D eigenvalue weighted by Gasteiger charge is -2.10. The number of aliphatic carboxylic acids is 2. The third-order valence-corrected chi connectivity index (χ3v) is 3.42. The predicted octanol–water partition coefficient (Wildman–Crippen LogP) is 0.921. The lowest BCUT2D eigenvalue weighted by Crippen LogP contribution is -2.28. The Hall–Kier alpha value is -3.46. The van der Waals surface area contributed by atoms with E-state index in [1.54, 1.807) is 18.2 Å². The van der Waals surface area contributed by atoms with Crippen molar-refractivity contribution >= 4 is 28.7 Å². The molecule has 0 unspecified atom stereocenters. The second-order valence-corrected chi connectivity index (χ2v) is 6.02. The lowest BCUT2D eigenvalue weighted by molar-refractivity contribution is -0.134. The molecule has 1 amide bonds. The van der Waals surface area contributed by atoms with Crippen molar-refractivity contribution < 1.29 is 24.6 Å². The number of carboxylic acid groups (broad SMARTS) is 2. The minimum absolute atomic E-state index is 0.141. The van der Waals surface area contributed by atoms with Gasteiger partial charge in [-0.25, -0.2) is 9.59 Å². The van der Waals surface area contributed by atoms with Gasteiger partial charge in [-0.15, -0.1) is 0 Å². The Morgan fingerprint density at radius 3 is 2.29 bits per heavy atom. The van der Waals surface area contributed by atoms with Gasteiger partial charge in [-0.05, 0) is 39.2 Å². The molecule has 1 aromatic heterocycles. The number of hydrogen-bond acceptors (Lipinski definition) is 5. The summed E-state index contributed by atoms with van der Waals surface area (Å²) in [4.78, 5) is 48.1. The molecule has 2 aromatic rings. The number of carbonyl (C=O) groups excluding carboxylic acids is 1. The van der Waals surface area contributed by atoms with E-state index in [0.717, 1.165) is 13.0 Å². The van der Waals surface area contributed by atoms with E-state index in [1.165, 1.54) is 6.07 Å². The van der Waals surface area contributed by atoms with Crippen molar-refractivity contribution in [3.63, 3.8) is 0 Å². The zero-order valence-corrected chi connectivity index (χ0v) is 15.6. The topological polar surface area (TPSA) is 140 Å². The van der Waals surface area contributed by atoms with Gasteiger partial charge in [-0.1, -0.05) is 12.1 Å². The Labute approximate surface area is 161 Å². The predicted molar refractivity (Wildman–Crippen MR) is 104 cm³/mol. The van der Waals surface area contributed by atoms with Crippen LogP contribution in [0.25, 0.3) is 10.9 Å². The van der Waals surface area contributed by atoms with Crippen molar-refractivity contribution in [2.75, 3.05) is 27.2 Å². The second kappa shape index (κ2) is 11.3. The molecular formula is C19H23N3O6. The number of rotatable bonds is 7. The van der Waals surface area contributed by atoms with Gasteiger partial charge < -0.3 is 25.4 Å². The van der Waals surface area contributed by atoms with Gasteiger partial charge >= 0.3 is 11.9 Å². The third-order valence-electron chi connectivity index (χ3n) is 3.42. The van der Waals surface area contributed by atoms with Crippen molar-refractivity contribution in [2.24, 2.45) is 0 Å². The van der Waals surface area contributed by atoms with E-state index >= 15 is 0 Å². The van der Waals surface area contributed by atoms with Gasteiger partial charge in [0.05, 0.1) is 0 Å². The quantitative estimate of drug-likeness (QED) is 0.408. The smallest absolute Gasteiger partial charge is 0.328 e. The van der Waals surface area contributed by atoms with E-state index in [9.17, 15) is 19.2 Å². The highest BCUT2D eigenvalue weighted by Crippen LogP contribution is 2.07. The zero-order chi connectivity index (χ0) is 21.1. The minimum atomic E-state index is -1.26. The van der Waals surface area contributed by atoms with Crippen LogP contribution >= 0.6 is 0 Å². The van der Waals surface area contributed by atoms with E-state index in [0.29, 0.717) is 35.3 Å². The molecule has 0 aliphatic rings. The van der Waals surface area contributed by atoms with E-state index in [1.807, 2.05) is 20.2 Å². The van der Waals surface area contributed by atoms with Gasteiger partial charge in [-0.3, -0.25) is 9.59 Å². The van der Waals surface area contributed by atoms with Crippen molar-refractivity contribution in [1.29, 1.82) is 0 Å². The van der Waals surface area contributed by atoms with Crippen LogP contribution in [-0.4, -0.2) is 65.1 Å². The first-order chi connectivity index (χ1) is 13.2. The van der Waals surface area contributed by atoms with Gasteiger partial charge in [-0.2, -0.15) is 0 Å². The number of hydrogen-bond donors (Lipinski definition) is 4. The molecule has 0 saturated heterocycles. The summed E-state index contributed by atoms with van der Waals surface area (Å²) in [6.45, 7) is 1.50. The number of amides is 1. The monoisotopic (exact) mass is 389 g/mol. The summed E-state index contributed by atoms with van der Waals surface area (Å²) < 4.78 is 0. The number of benzene rings is 1. The fraction of sp³-hybridized carbons (Fsp3) is 0.263. The molecule has 2 rings (SSSR count). The molecule has 28 heavy (non-hydrogen) atoms. The molecular weight excluding hydrogens is 366 g/mol. The average molecular weight is 389 g/mol. The van der Waals surface area contributed by atoms with Gasteiger partial charge in [0, 0.05) is 35.7 Å². The fourth-order valence-corrected chi connectivity index (χ4v) is 2.15. The van der Waals surface area contributed by atoms with Crippen molar-refractivity contribution in [3.05, 3.63) is 58.4 Å². The maximum atomic E-state index is 12.0. The molecule has 150 valence electrons. The minimum Gasteiger partial charge on any atom is -0.478 e. The summed E-state index contributed by atoms with van der Waals surface area (Å²) in [6.07, 6.45) is 1.99. The maximum absolute atomic E-state index is 12.0. The summed E-state index contributed by atoms with van der Waals surface area (Å²) in [6, 6.07) is 8.52. The van der Waals surface area contributed by atoms with Crippen LogP contribution in [0.4, 0.5) is 0 Å². The average Bonchev–Trinajstić information content (AvgIpc) is 2.63. The maximum Gasteiger partial charge on any atom is 0.328 e. The molecule has 0 saturated carbocycles. The first-order valence-electron chi connectivity index (χ1n) is 8.39. The number of H-pyrrole nitrogens is 1. The Morgan fingerprint density at radius 2 is 1.71 bits per heavy atom. The van der Waals surface area contributed by atoms with Gasteiger partial charge in [0.1, 0.15) is 5.69 Å². The number of aromatic amines is 1. The standard InChI is InChI=1S/C15H19N3O2.C4H4O4/c1-18(2)9-5-8-16-15(20)13-10-14(19)11-6-3-4-7-12(11)17-13;5-3(6)1-2-4(7)8/h3-4,6-7,10H,5,8-9H2,1-2H3,(H,16,20)(H,17,19);1-2H,(H,5,6)(H,7,8)/b;2-1-. The largest absolute Gasteiger partial charge is 0.478 e. The molecule has 9 nitrogen and oxygen atoms in total. The number of aromatic nitrogens is 1. The van der Waals surface area contributed by atoms with Crippen LogP contribution in [0.15, 0.2) is 47.3 Å². The highest BCUT2D eigenvalue weighted by molar-refractivity contribution is 5.94. The Kier molecular flexibility index (Phi) is 9.11. The third kappa shape index (κ3) is 8.28. The molecule has 0 spiro atoms. The van der Waals surface area contributed by atoms with Crippen LogP contribution in [0.5, 0.6) is 0 Å². The van der Waals surface area contributed by atoms with E-state index in [2.05, 4.69) is 15.2 Å². The normalized spacial score (nSPS) is 10.5. The SMILES string of the molecule is CN(C)CCCNC(=O)c1cc(=O)c2ccccc2[nH]1.O=C(O)/C=C\C(=O)O. The number of nitrogens with zero attached hydrogens (tertiary/aromatic N) is 1. The molecule has 1 heterocycles. The van der Waals surface area contributed by atoms with Crippen LogP contribution in [-0.2, 0) is 9.59 Å². The molecule has 4 N–H and O–H groups in total. The first-order valence-corrected chi connectivity index (χ1v) is 8.39. The number of carboxylic acids is 2. The molecule has 9 heteroatoms. The molecule has 0 fully saturated rings. The summed E-state index contributed by atoms with van der Waals surface area (Å²) >= 11 is 0. The summed E-state index contributed by atoms with van der Waals surface area (Å²) in [5.74, 6) is -2.76. The van der Waals surface area contributed by atoms with Gasteiger partial charge in [0.25, 0.3) is 5.91 Å². The summed E-state index contributed by atoms with van der Waals surface area (Å²) in [5.41, 5.74) is 0.842. The van der Waals surface area contributed by atoms with Crippen LogP contribution < -0.4 is 10.7 Å². The number of pyridine rings is 1. The molecule has 0 atom stereocenters. The van der Waals surface area contributed by atoms with Crippen LogP contribution in [0.3, 0.4) is 0 Å². The zero-order valence-electron chi connectivity index (χ0n) is 15.6. The second-order valence-electron chi connectivity index (χ2n) is 6.02. The van der Waals surface area contributed by atoms with Crippen molar-refractivity contribution in [2.45, 2.75) is 6.42 Å². The van der Waals surface area contributed by atoms with E-state index in [-0.39, 0.29) is 11.3 Å². The Morgan fingerprint density at radius 1 is 1.11 bits per heavy atom. The highest BCUT2D eigenvalue weighted by Gasteiger charge is 2.08. The lowest BCUT2D eigenvalue weighted by atomic mass is 10.2. The molecule has 0 bridgehead atoms. The van der Waals surface area contributed by atoms with Crippen LogP contribution in [0, 0.1) is 0 Å². The van der Waals surface area contributed by atoms with Gasteiger partial charge in [0.15, 0.2) is 5.43 Å². The molecule has 0 radical (unpaired) electrons. The number of carbonyl (C=O) groups is 3. The molecule has 0 aliphatic heterocycles. The van der Waals surface area contributed by atoms with Crippen molar-refractivity contribution in [3.8, 4) is 0 Å². The van der Waals surface area contributed by atoms with E-state index in [4.69, 9.17) is 10.2 Å². The summed E-state index contributed by atoms with van der Waals surface area (Å²) in [5, 5.41) is 19.0. The molecule has 0 aliphatic carbocycles. The van der Waals surface area contributed by atoms with Crippen molar-refractivity contribution in [1.82, 2.24) is 15.2 Å². The summed E-state index contributed by atoms with van der Waals surface area (Å²) in [7, 11) is 3.98. The fourth-order valence-electron chi connectivity index (χ4n) is 2.15. The number of para-hydroxylation sites is 1.